The first-order chi connectivity index (χ1) is 8.82. The molecule has 5 heteroatoms. The number of ether oxygens (including phenoxy) is 1. The van der Waals surface area contributed by atoms with Crippen LogP contribution in [0.25, 0.3) is 0 Å². The van der Waals surface area contributed by atoms with E-state index in [1.165, 1.54) is 0 Å². The Bertz CT molecular complexity index is 522. The number of hydrogen-bond acceptors (Lipinski definition) is 3. The first kappa shape index (κ1) is 15.7. The highest BCUT2D eigenvalue weighted by molar-refractivity contribution is 7.90. The van der Waals surface area contributed by atoms with E-state index in [1.54, 1.807) is 20.1 Å². The summed E-state index contributed by atoms with van der Waals surface area (Å²) in [4.78, 5) is 0. The van der Waals surface area contributed by atoms with Crippen LogP contribution >= 0.6 is 0 Å². The van der Waals surface area contributed by atoms with Gasteiger partial charge < -0.3 is 4.74 Å². The van der Waals surface area contributed by atoms with Crippen molar-refractivity contribution in [1.82, 2.24) is 0 Å². The van der Waals surface area contributed by atoms with Crippen molar-refractivity contribution in [2.75, 3.05) is 7.11 Å². The lowest BCUT2D eigenvalue weighted by molar-refractivity contribution is 0.414. The molecule has 1 atom stereocenters. The molecular formula is C14H21NO3S. The first-order valence-electron chi connectivity index (χ1n) is 6.08. The van der Waals surface area contributed by atoms with E-state index < -0.39 is 14.8 Å². The van der Waals surface area contributed by atoms with Gasteiger partial charge in [-0.1, -0.05) is 18.2 Å². The Morgan fingerprint density at radius 2 is 1.95 bits per heavy atom. The van der Waals surface area contributed by atoms with E-state index in [-0.39, 0.29) is 0 Å². The largest absolute Gasteiger partial charge is 0.497 e. The molecule has 0 spiro atoms. The SMILES string of the molecule is C=CCC(C)(CCc1ccc(OC)cc1)S(N)(=O)=O. The van der Waals surface area contributed by atoms with Crippen LogP contribution < -0.4 is 9.88 Å². The van der Waals surface area contributed by atoms with E-state index >= 15 is 0 Å². The van der Waals surface area contributed by atoms with Gasteiger partial charge in [-0.2, -0.15) is 0 Å². The average Bonchev–Trinajstić information content (AvgIpc) is 2.36. The molecular weight excluding hydrogens is 262 g/mol. The zero-order chi connectivity index (χ0) is 14.5. The molecule has 1 unspecified atom stereocenters. The summed E-state index contributed by atoms with van der Waals surface area (Å²) in [5.41, 5.74) is 1.06. The topological polar surface area (TPSA) is 69.4 Å². The second kappa shape index (κ2) is 6.21. The Morgan fingerprint density at radius 3 is 2.37 bits per heavy atom. The van der Waals surface area contributed by atoms with E-state index in [2.05, 4.69) is 6.58 Å². The number of rotatable bonds is 7. The van der Waals surface area contributed by atoms with Crippen molar-refractivity contribution < 1.29 is 13.2 Å². The predicted octanol–water partition coefficient (Wildman–Crippen LogP) is 2.25. The summed E-state index contributed by atoms with van der Waals surface area (Å²) in [7, 11) is -2.00. The summed E-state index contributed by atoms with van der Waals surface area (Å²) in [6.45, 7) is 5.26. The Kier molecular flexibility index (Phi) is 5.14. The second-order valence-electron chi connectivity index (χ2n) is 4.84. The number of sulfonamides is 1. The van der Waals surface area contributed by atoms with Gasteiger partial charge in [-0.15, -0.1) is 6.58 Å². The number of allylic oxidation sites excluding steroid dienone is 1. The zero-order valence-electron chi connectivity index (χ0n) is 11.4. The van der Waals surface area contributed by atoms with E-state index in [0.29, 0.717) is 19.3 Å². The van der Waals surface area contributed by atoms with Crippen molar-refractivity contribution in [2.45, 2.75) is 30.9 Å². The quantitative estimate of drug-likeness (QED) is 0.780. The molecule has 19 heavy (non-hydrogen) atoms. The van der Waals surface area contributed by atoms with Crippen LogP contribution in [-0.2, 0) is 16.4 Å². The summed E-state index contributed by atoms with van der Waals surface area (Å²) in [6, 6.07) is 7.57. The van der Waals surface area contributed by atoms with Crippen molar-refractivity contribution in [3.63, 3.8) is 0 Å². The molecule has 1 aromatic carbocycles. The van der Waals surface area contributed by atoms with Gasteiger partial charge in [-0.25, -0.2) is 13.6 Å². The minimum Gasteiger partial charge on any atom is -0.497 e. The molecule has 0 fully saturated rings. The maximum atomic E-state index is 11.7. The van der Waals surface area contributed by atoms with Gasteiger partial charge in [0.2, 0.25) is 10.0 Å². The Hall–Kier alpha value is -1.33. The van der Waals surface area contributed by atoms with Crippen LogP contribution in [0.2, 0.25) is 0 Å². The summed E-state index contributed by atoms with van der Waals surface area (Å²) < 4.78 is 27.5. The number of aryl methyl sites for hydroxylation is 1. The van der Waals surface area contributed by atoms with Crippen molar-refractivity contribution in [3.8, 4) is 5.75 Å². The number of benzene rings is 1. The van der Waals surface area contributed by atoms with Crippen LogP contribution in [0.4, 0.5) is 0 Å². The molecule has 106 valence electrons. The normalized spacial score (nSPS) is 14.7. The van der Waals surface area contributed by atoms with Gasteiger partial charge in [-0.3, -0.25) is 0 Å². The molecule has 0 heterocycles. The minimum absolute atomic E-state index is 0.349. The van der Waals surface area contributed by atoms with Crippen LogP contribution in [0.1, 0.15) is 25.3 Å². The molecule has 2 N–H and O–H groups in total. The van der Waals surface area contributed by atoms with Crippen molar-refractivity contribution in [2.24, 2.45) is 5.14 Å². The van der Waals surface area contributed by atoms with Gasteiger partial charge in [0.1, 0.15) is 5.75 Å². The maximum Gasteiger partial charge on any atom is 0.214 e. The standard InChI is InChI=1S/C14H21NO3S/c1-4-10-14(2,19(15,16)17)11-9-12-5-7-13(18-3)8-6-12/h4-8H,1,9-11H2,2-3H3,(H2,15,16,17). The van der Waals surface area contributed by atoms with Gasteiger partial charge in [0.15, 0.2) is 0 Å². The third-order valence-electron chi connectivity index (χ3n) is 3.36. The fraction of sp³-hybridized carbons (Fsp3) is 0.429. The average molecular weight is 283 g/mol. The van der Waals surface area contributed by atoms with Crippen LogP contribution in [-0.4, -0.2) is 20.3 Å². The monoisotopic (exact) mass is 283 g/mol. The highest BCUT2D eigenvalue weighted by Gasteiger charge is 2.34. The van der Waals surface area contributed by atoms with E-state index in [1.807, 2.05) is 24.3 Å². The van der Waals surface area contributed by atoms with E-state index in [4.69, 9.17) is 9.88 Å². The first-order valence-corrected chi connectivity index (χ1v) is 7.63. The maximum absolute atomic E-state index is 11.7. The summed E-state index contributed by atoms with van der Waals surface area (Å²) in [6.07, 6.45) is 3.05. The molecule has 1 rings (SSSR count). The van der Waals surface area contributed by atoms with Gasteiger partial charge in [-0.05, 0) is 43.9 Å². The molecule has 0 saturated heterocycles. The summed E-state index contributed by atoms with van der Waals surface area (Å²) >= 11 is 0. The van der Waals surface area contributed by atoms with E-state index in [9.17, 15) is 8.42 Å². The fourth-order valence-corrected chi connectivity index (χ4v) is 2.60. The van der Waals surface area contributed by atoms with Gasteiger partial charge in [0.25, 0.3) is 0 Å². The van der Waals surface area contributed by atoms with Gasteiger partial charge in [0, 0.05) is 0 Å². The lowest BCUT2D eigenvalue weighted by Crippen LogP contribution is -2.40. The van der Waals surface area contributed by atoms with Gasteiger partial charge in [0.05, 0.1) is 11.9 Å². The molecule has 4 nitrogen and oxygen atoms in total. The predicted molar refractivity (Wildman–Crippen MR) is 77.6 cm³/mol. The lowest BCUT2D eigenvalue weighted by Gasteiger charge is -2.25. The number of nitrogens with two attached hydrogens (primary N) is 1. The smallest absolute Gasteiger partial charge is 0.214 e. The lowest BCUT2D eigenvalue weighted by atomic mass is 9.97. The number of methoxy groups -OCH3 is 1. The minimum atomic E-state index is -3.61. The number of hydrogen-bond donors (Lipinski definition) is 1. The Balaban J connectivity index is 2.79. The highest BCUT2D eigenvalue weighted by Crippen LogP contribution is 2.26. The van der Waals surface area contributed by atoms with E-state index in [0.717, 1.165) is 11.3 Å². The molecule has 0 saturated carbocycles. The molecule has 0 amide bonds. The van der Waals surface area contributed by atoms with Crippen molar-refractivity contribution in [3.05, 3.63) is 42.5 Å². The molecule has 1 aromatic rings. The summed E-state index contributed by atoms with van der Waals surface area (Å²) in [5, 5.41) is 5.31. The van der Waals surface area contributed by atoms with Crippen LogP contribution in [0.3, 0.4) is 0 Å². The van der Waals surface area contributed by atoms with Crippen LogP contribution in [0.5, 0.6) is 5.75 Å². The Morgan fingerprint density at radius 1 is 1.37 bits per heavy atom. The van der Waals surface area contributed by atoms with Gasteiger partial charge >= 0.3 is 0 Å². The molecule has 0 aliphatic rings. The third-order valence-corrected chi connectivity index (χ3v) is 5.11. The molecule has 0 aliphatic carbocycles. The molecule has 0 aromatic heterocycles. The van der Waals surface area contributed by atoms with Crippen molar-refractivity contribution in [1.29, 1.82) is 0 Å². The number of primary sulfonamides is 1. The molecule has 0 radical (unpaired) electrons. The second-order valence-corrected chi connectivity index (χ2v) is 6.91. The Labute approximate surface area is 115 Å². The highest BCUT2D eigenvalue weighted by atomic mass is 32.2. The fourth-order valence-electron chi connectivity index (χ4n) is 1.87. The molecule has 0 aliphatic heterocycles. The summed E-state index contributed by atoms with van der Waals surface area (Å²) in [5.74, 6) is 0.782. The zero-order valence-corrected chi connectivity index (χ0v) is 12.2. The molecule has 0 bridgehead atoms. The third kappa shape index (κ3) is 4.08. The van der Waals surface area contributed by atoms with Crippen LogP contribution in [0, 0.1) is 0 Å². The van der Waals surface area contributed by atoms with Crippen molar-refractivity contribution >= 4 is 10.0 Å². The van der Waals surface area contributed by atoms with Crippen LogP contribution in [0.15, 0.2) is 36.9 Å².